The van der Waals surface area contributed by atoms with E-state index in [1.807, 2.05) is 53.8 Å². The molecule has 180 valence electrons. The molecule has 2 N–H and O–H groups in total. The minimum atomic E-state index is -3.99. The number of nitrogens with zero attached hydrogens (tertiary/aromatic N) is 3. The Labute approximate surface area is 197 Å². The summed E-state index contributed by atoms with van der Waals surface area (Å²) in [5, 5.41) is 15.0. The van der Waals surface area contributed by atoms with Gasteiger partial charge in [0.2, 0.25) is 0 Å². The summed E-state index contributed by atoms with van der Waals surface area (Å²) in [6.07, 6.45) is -0.0819. The number of carboxylic acid groups (broad SMARTS) is 1. The molecule has 0 spiro atoms. The zero-order valence-corrected chi connectivity index (χ0v) is 18.3. The van der Waals surface area contributed by atoms with Crippen molar-refractivity contribution in [2.24, 2.45) is 0 Å². The number of aromatic carboxylic acids is 1. The van der Waals surface area contributed by atoms with Crippen molar-refractivity contribution in [1.82, 2.24) is 15.1 Å². The third kappa shape index (κ3) is 3.88. The van der Waals surface area contributed by atoms with Gasteiger partial charge >= 0.3 is 23.9 Å². The van der Waals surface area contributed by atoms with Crippen molar-refractivity contribution >= 4 is 23.8 Å². The lowest BCUT2D eigenvalue weighted by atomic mass is 9.98. The highest BCUT2D eigenvalue weighted by molar-refractivity contribution is 6.04. The molecule has 2 amide bonds. The number of halogens is 2. The Balaban J connectivity index is 1.22. The van der Waals surface area contributed by atoms with Crippen LogP contribution in [0.4, 0.5) is 19.4 Å². The number of carbonyl (C=O) groups is 3. The third-order valence-electron chi connectivity index (χ3n) is 6.19. The van der Waals surface area contributed by atoms with Gasteiger partial charge in [-0.05, 0) is 22.3 Å². The van der Waals surface area contributed by atoms with Crippen LogP contribution in [0.2, 0.25) is 0 Å². The summed E-state index contributed by atoms with van der Waals surface area (Å²) in [7, 11) is 0. The summed E-state index contributed by atoms with van der Waals surface area (Å²) in [5.74, 6) is -7.44. The van der Waals surface area contributed by atoms with Crippen LogP contribution in [0.15, 0.2) is 54.7 Å². The number of hydrogen-bond donors (Lipinski definition) is 2. The Morgan fingerprint density at radius 1 is 1.06 bits per heavy atom. The number of hydrogen-bond acceptors (Lipinski definition) is 5. The number of rotatable bonds is 6. The van der Waals surface area contributed by atoms with Crippen LogP contribution in [-0.2, 0) is 16.1 Å². The van der Waals surface area contributed by atoms with Crippen LogP contribution >= 0.6 is 0 Å². The van der Waals surface area contributed by atoms with Crippen LogP contribution in [-0.4, -0.2) is 58.5 Å². The highest BCUT2D eigenvalue weighted by Gasteiger charge is 2.46. The van der Waals surface area contributed by atoms with E-state index in [9.17, 15) is 28.3 Å². The monoisotopic (exact) mass is 482 g/mol. The summed E-state index contributed by atoms with van der Waals surface area (Å²) in [4.78, 5) is 36.8. The first kappa shape index (κ1) is 22.5. The number of alkyl carbamates (subject to hydrolysis) is 1. The van der Waals surface area contributed by atoms with Crippen LogP contribution in [0.1, 0.15) is 27.4 Å². The molecule has 2 aromatic carbocycles. The van der Waals surface area contributed by atoms with E-state index in [0.29, 0.717) is 4.90 Å². The van der Waals surface area contributed by atoms with Gasteiger partial charge < -0.3 is 15.2 Å². The fourth-order valence-electron chi connectivity index (χ4n) is 4.58. The van der Waals surface area contributed by atoms with Crippen molar-refractivity contribution in [3.8, 4) is 11.1 Å². The van der Waals surface area contributed by atoms with E-state index in [2.05, 4.69) is 5.10 Å². The molecular formula is C24H20F2N4O5. The van der Waals surface area contributed by atoms with Crippen molar-refractivity contribution in [1.29, 1.82) is 0 Å². The molecule has 0 bridgehead atoms. The first-order chi connectivity index (χ1) is 16.8. The van der Waals surface area contributed by atoms with Gasteiger partial charge in [0.05, 0.1) is 19.3 Å². The first-order valence-electron chi connectivity index (χ1n) is 10.9. The maximum absolute atomic E-state index is 14.7. The lowest BCUT2D eigenvalue weighted by molar-refractivity contribution is -0.141. The Hall–Kier alpha value is -4.28. The average molecular weight is 482 g/mol. The van der Waals surface area contributed by atoms with Gasteiger partial charge in [-0.2, -0.15) is 13.9 Å². The second-order valence-electron chi connectivity index (χ2n) is 8.25. The zero-order valence-electron chi connectivity index (χ0n) is 18.3. The topological polar surface area (TPSA) is 114 Å². The molecule has 5 rings (SSSR count). The second-order valence-corrected chi connectivity index (χ2v) is 8.25. The smallest absolute Gasteiger partial charge is 0.407 e. The van der Waals surface area contributed by atoms with Crippen LogP contribution in [0.3, 0.4) is 0 Å². The molecule has 0 saturated heterocycles. The Kier molecular flexibility index (Phi) is 5.46. The van der Waals surface area contributed by atoms with Crippen molar-refractivity contribution in [2.45, 2.75) is 18.4 Å². The molecule has 0 saturated carbocycles. The largest absolute Gasteiger partial charge is 0.477 e. The minimum absolute atomic E-state index is 0.0628. The number of aromatic nitrogens is 2. The molecule has 2 aliphatic rings. The first-order valence-corrected chi connectivity index (χ1v) is 10.9. The summed E-state index contributed by atoms with van der Waals surface area (Å²) in [6, 6.07) is 15.4. The molecule has 3 aromatic rings. The highest BCUT2D eigenvalue weighted by atomic mass is 19.3. The molecule has 1 aromatic heterocycles. The summed E-state index contributed by atoms with van der Waals surface area (Å²) in [5.41, 5.74) is 3.65. The predicted molar refractivity (Wildman–Crippen MR) is 120 cm³/mol. The molecule has 0 unspecified atom stereocenters. The maximum atomic E-state index is 14.7. The quantitative estimate of drug-likeness (QED) is 0.558. The molecule has 0 atom stereocenters. The number of carboxylic acids is 1. The number of benzene rings is 2. The molecule has 9 nitrogen and oxygen atoms in total. The fraction of sp³-hybridized carbons (Fsp3) is 0.250. The molecule has 2 heterocycles. The van der Waals surface area contributed by atoms with Gasteiger partial charge in [0.25, 0.3) is 0 Å². The molecule has 11 heteroatoms. The van der Waals surface area contributed by atoms with Crippen molar-refractivity contribution in [3.63, 3.8) is 0 Å². The Bertz CT molecular complexity index is 1290. The van der Waals surface area contributed by atoms with Crippen molar-refractivity contribution < 1.29 is 33.0 Å². The van der Waals surface area contributed by atoms with Gasteiger partial charge in [-0.3, -0.25) is 9.69 Å². The summed E-state index contributed by atoms with van der Waals surface area (Å²) < 4.78 is 35.7. The van der Waals surface area contributed by atoms with Gasteiger partial charge in [-0.1, -0.05) is 48.5 Å². The van der Waals surface area contributed by atoms with Gasteiger partial charge in [-0.15, -0.1) is 0 Å². The normalized spacial score (nSPS) is 14.3. The lowest BCUT2D eigenvalue weighted by Gasteiger charge is -2.23. The van der Waals surface area contributed by atoms with Crippen molar-refractivity contribution in [3.05, 3.63) is 71.4 Å². The molecule has 1 aliphatic carbocycles. The molecule has 0 fully saturated rings. The third-order valence-corrected chi connectivity index (χ3v) is 6.19. The van der Waals surface area contributed by atoms with Crippen LogP contribution < -0.4 is 10.2 Å². The predicted octanol–water partition coefficient (Wildman–Crippen LogP) is 3.10. The molecule has 0 radical (unpaired) electrons. The van der Waals surface area contributed by atoms with E-state index in [1.165, 1.54) is 4.68 Å². The lowest BCUT2D eigenvalue weighted by Crippen LogP contribution is -2.50. The second kappa shape index (κ2) is 8.49. The number of fused-ring (bicyclic) bond motifs is 4. The minimum Gasteiger partial charge on any atom is -0.477 e. The molecule has 35 heavy (non-hydrogen) atoms. The van der Waals surface area contributed by atoms with Crippen LogP contribution in [0.25, 0.3) is 11.1 Å². The van der Waals surface area contributed by atoms with Gasteiger partial charge in [0.15, 0.2) is 0 Å². The highest BCUT2D eigenvalue weighted by Crippen LogP contribution is 2.44. The van der Waals surface area contributed by atoms with Crippen LogP contribution in [0, 0.1) is 0 Å². The number of nitrogens with one attached hydrogen (secondary N) is 1. The van der Waals surface area contributed by atoms with E-state index in [0.717, 1.165) is 28.5 Å². The Morgan fingerprint density at radius 2 is 1.69 bits per heavy atom. The van der Waals surface area contributed by atoms with E-state index in [1.54, 1.807) is 0 Å². The standard InChI is InChI=1S/C24H20F2N4O5/c25-24(26,22(33)29-9-10-30-20(29)18(11-28-30)21(31)32)13-27-23(34)35-12-19-16-7-3-1-5-14(16)15-6-2-4-8-17(15)19/h1-8,11,19H,9-10,12-13H2,(H,27,34)(H,31,32). The molecule has 1 aliphatic heterocycles. The van der Waals surface area contributed by atoms with Gasteiger partial charge in [-0.25, -0.2) is 14.3 Å². The number of amides is 2. The van der Waals surface area contributed by atoms with E-state index in [4.69, 9.17) is 4.74 Å². The fourth-order valence-corrected chi connectivity index (χ4v) is 4.58. The van der Waals surface area contributed by atoms with E-state index < -0.39 is 30.4 Å². The Morgan fingerprint density at radius 3 is 2.31 bits per heavy atom. The number of carbonyl (C=O) groups excluding carboxylic acids is 2. The van der Waals surface area contributed by atoms with E-state index in [-0.39, 0.29) is 37.0 Å². The van der Waals surface area contributed by atoms with Gasteiger partial charge in [0, 0.05) is 12.5 Å². The number of anilines is 1. The SMILES string of the molecule is O=C(NCC(F)(F)C(=O)N1CCn2ncc(C(=O)O)c21)OCC1c2ccccc2-c2ccccc21. The summed E-state index contributed by atoms with van der Waals surface area (Å²) in [6.45, 7) is -1.42. The van der Waals surface area contributed by atoms with Crippen LogP contribution in [0.5, 0.6) is 0 Å². The summed E-state index contributed by atoms with van der Waals surface area (Å²) >= 11 is 0. The van der Waals surface area contributed by atoms with Gasteiger partial charge in [0.1, 0.15) is 18.0 Å². The maximum Gasteiger partial charge on any atom is 0.407 e. The number of ether oxygens (including phenoxy) is 1. The van der Waals surface area contributed by atoms with Crippen molar-refractivity contribution in [2.75, 3.05) is 24.6 Å². The van der Waals surface area contributed by atoms with E-state index >= 15 is 0 Å². The molecular weight excluding hydrogens is 462 g/mol. The zero-order chi connectivity index (χ0) is 24.7. The number of alkyl halides is 2. The average Bonchev–Trinajstić information content (AvgIpc) is 3.53.